The van der Waals surface area contributed by atoms with Crippen molar-refractivity contribution in [2.24, 2.45) is 0 Å². The molecule has 0 saturated carbocycles. The molecule has 0 saturated heterocycles. The Kier molecular flexibility index (Phi) is 4.79. The number of fused-ring (bicyclic) bond motifs is 1. The number of carboxylic acids is 1. The van der Waals surface area contributed by atoms with Crippen molar-refractivity contribution < 1.29 is 27.9 Å². The summed E-state index contributed by atoms with van der Waals surface area (Å²) in [5.41, 5.74) is 1.74. The summed E-state index contributed by atoms with van der Waals surface area (Å²) in [4.78, 5) is 22.1. The van der Waals surface area contributed by atoms with Gasteiger partial charge in [-0.1, -0.05) is 6.07 Å². The van der Waals surface area contributed by atoms with Gasteiger partial charge in [0.1, 0.15) is 6.04 Å². The molecule has 0 aromatic heterocycles. The van der Waals surface area contributed by atoms with E-state index in [4.69, 9.17) is 9.84 Å². The molecule has 8 nitrogen and oxygen atoms in total. The molecule has 0 bridgehead atoms. The number of carbonyl (C=O) groups is 2. The van der Waals surface area contributed by atoms with E-state index >= 15 is 0 Å². The van der Waals surface area contributed by atoms with Crippen molar-refractivity contribution >= 4 is 21.9 Å². The van der Waals surface area contributed by atoms with E-state index in [1.54, 1.807) is 6.07 Å². The van der Waals surface area contributed by atoms with Crippen LogP contribution >= 0.6 is 0 Å². The molecular formula is C13H16N2O6S. The molecule has 0 fully saturated rings. The predicted octanol–water partition coefficient (Wildman–Crippen LogP) is -0.416. The van der Waals surface area contributed by atoms with Gasteiger partial charge in [-0.15, -0.1) is 0 Å². The van der Waals surface area contributed by atoms with Crippen molar-refractivity contribution in [1.82, 2.24) is 10.0 Å². The lowest BCUT2D eigenvalue weighted by Gasteiger charge is -2.11. The van der Waals surface area contributed by atoms with E-state index in [0.717, 1.165) is 11.1 Å². The monoisotopic (exact) mass is 328 g/mol. The number of carbonyl (C=O) groups excluding carboxylic acids is 1. The molecule has 1 aromatic rings. The Hall–Kier alpha value is -1.97. The Morgan fingerprint density at radius 2 is 2.00 bits per heavy atom. The normalized spacial score (nSPS) is 15.1. The summed E-state index contributed by atoms with van der Waals surface area (Å²) in [6.07, 6.45) is 0. The van der Waals surface area contributed by atoms with Crippen LogP contribution in [-0.2, 0) is 37.6 Å². The quantitative estimate of drug-likeness (QED) is 0.652. The van der Waals surface area contributed by atoms with E-state index in [1.165, 1.54) is 19.1 Å². The van der Waals surface area contributed by atoms with Crippen LogP contribution in [0.4, 0.5) is 0 Å². The molecule has 9 heteroatoms. The van der Waals surface area contributed by atoms with Gasteiger partial charge < -0.3 is 15.2 Å². The fourth-order valence-electron chi connectivity index (χ4n) is 1.91. The van der Waals surface area contributed by atoms with Crippen LogP contribution in [0.15, 0.2) is 23.1 Å². The lowest BCUT2D eigenvalue weighted by atomic mass is 10.1. The van der Waals surface area contributed by atoms with Gasteiger partial charge in [-0.25, -0.2) is 13.1 Å². The van der Waals surface area contributed by atoms with Gasteiger partial charge in [-0.2, -0.15) is 0 Å². The number of amides is 1. The first-order valence-electron chi connectivity index (χ1n) is 6.51. The second kappa shape index (κ2) is 6.42. The Morgan fingerprint density at radius 3 is 2.68 bits per heavy atom. The number of carboxylic acid groups (broad SMARTS) is 1. The highest BCUT2D eigenvalue weighted by Gasteiger charge is 2.20. The first-order chi connectivity index (χ1) is 10.3. The maximum absolute atomic E-state index is 12.1. The van der Waals surface area contributed by atoms with Gasteiger partial charge >= 0.3 is 5.97 Å². The zero-order valence-electron chi connectivity index (χ0n) is 11.8. The number of benzene rings is 1. The van der Waals surface area contributed by atoms with Crippen molar-refractivity contribution in [3.63, 3.8) is 0 Å². The maximum atomic E-state index is 12.1. The van der Waals surface area contributed by atoms with Crippen LogP contribution in [0.25, 0.3) is 0 Å². The van der Waals surface area contributed by atoms with Gasteiger partial charge in [0.05, 0.1) is 24.7 Å². The number of sulfonamides is 1. The predicted molar refractivity (Wildman–Crippen MR) is 75.4 cm³/mol. The third-order valence-electron chi connectivity index (χ3n) is 3.17. The SMILES string of the molecule is CC(NC(=O)CNS(=O)(=O)c1ccc2c(c1)COC2)C(=O)O. The second-order valence-corrected chi connectivity index (χ2v) is 6.64. The lowest BCUT2D eigenvalue weighted by molar-refractivity contribution is -0.141. The summed E-state index contributed by atoms with van der Waals surface area (Å²) in [6.45, 7) is 1.57. The van der Waals surface area contributed by atoms with Crippen LogP contribution in [0.5, 0.6) is 0 Å². The van der Waals surface area contributed by atoms with E-state index in [9.17, 15) is 18.0 Å². The van der Waals surface area contributed by atoms with Crippen LogP contribution in [0, 0.1) is 0 Å². The molecule has 0 radical (unpaired) electrons. The zero-order chi connectivity index (χ0) is 16.3. The molecule has 3 N–H and O–H groups in total. The Balaban J connectivity index is 1.99. The molecule has 0 aliphatic carbocycles. The van der Waals surface area contributed by atoms with Crippen LogP contribution in [0.2, 0.25) is 0 Å². The minimum absolute atomic E-state index is 0.0378. The van der Waals surface area contributed by atoms with Crippen molar-refractivity contribution in [2.75, 3.05) is 6.54 Å². The van der Waals surface area contributed by atoms with Gasteiger partial charge in [-0.3, -0.25) is 9.59 Å². The first-order valence-corrected chi connectivity index (χ1v) is 7.99. The number of hydrogen-bond donors (Lipinski definition) is 3. The number of ether oxygens (including phenoxy) is 1. The van der Waals surface area contributed by atoms with Crippen LogP contribution in [-0.4, -0.2) is 38.0 Å². The largest absolute Gasteiger partial charge is 0.480 e. The molecule has 1 heterocycles. The standard InChI is InChI=1S/C13H16N2O6S/c1-8(13(17)18)15-12(16)5-14-22(19,20)11-3-2-9-6-21-7-10(9)4-11/h2-4,8,14H,5-7H2,1H3,(H,15,16)(H,17,18). The van der Waals surface area contributed by atoms with Crippen LogP contribution in [0.1, 0.15) is 18.1 Å². The Labute approximate surface area is 127 Å². The lowest BCUT2D eigenvalue weighted by Crippen LogP contribution is -2.43. The Bertz CT molecular complexity index is 700. The number of aliphatic carboxylic acids is 1. The molecule has 120 valence electrons. The highest BCUT2D eigenvalue weighted by Crippen LogP contribution is 2.22. The van der Waals surface area contributed by atoms with Gasteiger partial charge in [0, 0.05) is 0 Å². The molecule has 0 spiro atoms. The van der Waals surface area contributed by atoms with Crippen molar-refractivity contribution in [1.29, 1.82) is 0 Å². The van der Waals surface area contributed by atoms with Gasteiger partial charge in [0.15, 0.2) is 0 Å². The van der Waals surface area contributed by atoms with E-state index in [1.807, 2.05) is 0 Å². The van der Waals surface area contributed by atoms with E-state index in [2.05, 4.69) is 10.0 Å². The highest BCUT2D eigenvalue weighted by atomic mass is 32.2. The molecule has 22 heavy (non-hydrogen) atoms. The topological polar surface area (TPSA) is 122 Å². The third kappa shape index (κ3) is 3.81. The van der Waals surface area contributed by atoms with Crippen molar-refractivity contribution in [2.45, 2.75) is 31.1 Å². The minimum Gasteiger partial charge on any atom is -0.480 e. The molecule has 2 rings (SSSR count). The number of rotatable bonds is 6. The van der Waals surface area contributed by atoms with E-state index < -0.39 is 34.5 Å². The minimum atomic E-state index is -3.85. The molecule has 1 atom stereocenters. The average Bonchev–Trinajstić information content (AvgIpc) is 2.92. The molecular weight excluding hydrogens is 312 g/mol. The van der Waals surface area contributed by atoms with Crippen LogP contribution in [0.3, 0.4) is 0 Å². The molecule has 1 aromatic carbocycles. The molecule has 1 aliphatic rings. The fourth-order valence-corrected chi connectivity index (χ4v) is 2.95. The summed E-state index contributed by atoms with van der Waals surface area (Å²) in [6, 6.07) is 3.52. The van der Waals surface area contributed by atoms with Gasteiger partial charge in [0.25, 0.3) is 0 Å². The number of nitrogens with one attached hydrogen (secondary N) is 2. The van der Waals surface area contributed by atoms with Gasteiger partial charge in [0.2, 0.25) is 15.9 Å². The average molecular weight is 328 g/mol. The smallest absolute Gasteiger partial charge is 0.325 e. The van der Waals surface area contributed by atoms with Gasteiger partial charge in [-0.05, 0) is 30.2 Å². The molecule has 1 unspecified atom stereocenters. The van der Waals surface area contributed by atoms with Crippen molar-refractivity contribution in [3.8, 4) is 0 Å². The van der Waals surface area contributed by atoms with E-state index in [0.29, 0.717) is 13.2 Å². The van der Waals surface area contributed by atoms with Crippen LogP contribution < -0.4 is 10.0 Å². The van der Waals surface area contributed by atoms with Crippen molar-refractivity contribution in [3.05, 3.63) is 29.3 Å². The third-order valence-corrected chi connectivity index (χ3v) is 4.57. The first kappa shape index (κ1) is 16.4. The zero-order valence-corrected chi connectivity index (χ0v) is 12.6. The summed E-state index contributed by atoms with van der Waals surface area (Å²) >= 11 is 0. The highest BCUT2D eigenvalue weighted by molar-refractivity contribution is 7.89. The Morgan fingerprint density at radius 1 is 1.32 bits per heavy atom. The summed E-state index contributed by atoms with van der Waals surface area (Å²) in [7, 11) is -3.85. The fraction of sp³-hybridized carbons (Fsp3) is 0.385. The molecule has 1 aliphatic heterocycles. The summed E-state index contributed by atoms with van der Waals surface area (Å²) in [5.74, 6) is -1.92. The summed E-state index contributed by atoms with van der Waals surface area (Å²) in [5, 5.41) is 10.8. The van der Waals surface area contributed by atoms with E-state index in [-0.39, 0.29) is 4.90 Å². The number of hydrogen-bond acceptors (Lipinski definition) is 5. The maximum Gasteiger partial charge on any atom is 0.325 e. The summed E-state index contributed by atoms with van der Waals surface area (Å²) < 4.78 is 31.6. The second-order valence-electron chi connectivity index (χ2n) is 4.88. The molecule has 1 amide bonds.